The van der Waals surface area contributed by atoms with E-state index < -0.39 is 0 Å². The smallest absolute Gasteiger partial charge is 0.325 e. The lowest BCUT2D eigenvalue weighted by molar-refractivity contribution is -0.152. The van der Waals surface area contributed by atoms with Crippen molar-refractivity contribution in [2.24, 2.45) is 0 Å². The monoisotopic (exact) mass is 159 g/mol. The van der Waals surface area contributed by atoms with Gasteiger partial charge in [-0.2, -0.15) is 0 Å². The first-order valence-corrected chi connectivity index (χ1v) is 3.61. The van der Waals surface area contributed by atoms with Gasteiger partial charge in [-0.3, -0.25) is 9.69 Å². The summed E-state index contributed by atoms with van der Waals surface area (Å²) in [5.41, 5.74) is 0. The topological polar surface area (TPSA) is 38.8 Å². The molecular weight excluding hydrogens is 146 g/mol. The SMILES string of the molecule is COC(=O)C1COCCN1C. The van der Waals surface area contributed by atoms with Crippen LogP contribution in [0.5, 0.6) is 0 Å². The molecule has 4 nitrogen and oxygen atoms in total. The van der Waals surface area contributed by atoms with Gasteiger partial charge in [0.15, 0.2) is 0 Å². The van der Waals surface area contributed by atoms with Crippen molar-refractivity contribution < 1.29 is 14.3 Å². The Bertz CT molecular complexity index is 149. The maximum atomic E-state index is 11.0. The van der Waals surface area contributed by atoms with Crippen LogP contribution in [0.4, 0.5) is 0 Å². The normalized spacial score (nSPS) is 26.5. The summed E-state index contributed by atoms with van der Waals surface area (Å²) in [6, 6.07) is -0.214. The summed E-state index contributed by atoms with van der Waals surface area (Å²) >= 11 is 0. The van der Waals surface area contributed by atoms with Gasteiger partial charge in [0.1, 0.15) is 6.04 Å². The molecule has 0 bridgehead atoms. The van der Waals surface area contributed by atoms with Crippen molar-refractivity contribution in [1.29, 1.82) is 0 Å². The molecule has 1 fully saturated rings. The molecule has 1 aliphatic heterocycles. The summed E-state index contributed by atoms with van der Waals surface area (Å²) in [7, 11) is 3.29. The van der Waals surface area contributed by atoms with E-state index in [1.165, 1.54) is 7.11 Å². The zero-order valence-corrected chi connectivity index (χ0v) is 6.87. The Hall–Kier alpha value is -0.610. The number of likely N-dealkylation sites (N-methyl/N-ethyl adjacent to an activating group) is 1. The molecule has 1 aliphatic rings. The molecule has 4 heteroatoms. The average molecular weight is 159 g/mol. The van der Waals surface area contributed by atoms with Crippen LogP contribution >= 0.6 is 0 Å². The first-order valence-electron chi connectivity index (χ1n) is 3.61. The predicted octanol–water partition coefficient (Wildman–Crippen LogP) is -0.510. The second kappa shape index (κ2) is 3.69. The van der Waals surface area contributed by atoms with E-state index in [1.54, 1.807) is 0 Å². The maximum absolute atomic E-state index is 11.0. The Kier molecular flexibility index (Phi) is 2.84. The molecule has 1 heterocycles. The number of methoxy groups -OCH3 is 1. The number of hydrogen-bond donors (Lipinski definition) is 0. The molecule has 1 unspecified atom stereocenters. The highest BCUT2D eigenvalue weighted by atomic mass is 16.5. The van der Waals surface area contributed by atoms with Gasteiger partial charge in [0, 0.05) is 6.54 Å². The van der Waals surface area contributed by atoms with E-state index in [4.69, 9.17) is 4.74 Å². The van der Waals surface area contributed by atoms with Crippen molar-refractivity contribution in [1.82, 2.24) is 4.90 Å². The molecule has 0 saturated carbocycles. The average Bonchev–Trinajstić information content (AvgIpc) is 2.04. The number of esters is 1. The van der Waals surface area contributed by atoms with Crippen LogP contribution in [-0.2, 0) is 14.3 Å². The van der Waals surface area contributed by atoms with Gasteiger partial charge in [-0.15, -0.1) is 0 Å². The Morgan fingerprint density at radius 3 is 3.00 bits per heavy atom. The third kappa shape index (κ3) is 1.91. The van der Waals surface area contributed by atoms with E-state index in [-0.39, 0.29) is 12.0 Å². The maximum Gasteiger partial charge on any atom is 0.325 e. The van der Waals surface area contributed by atoms with Gasteiger partial charge in [0.25, 0.3) is 0 Å². The number of rotatable bonds is 1. The Balaban J connectivity index is 2.47. The zero-order valence-electron chi connectivity index (χ0n) is 6.87. The number of ether oxygens (including phenoxy) is 2. The molecule has 0 radical (unpaired) electrons. The van der Waals surface area contributed by atoms with Crippen LogP contribution < -0.4 is 0 Å². The van der Waals surface area contributed by atoms with Crippen molar-refractivity contribution >= 4 is 5.97 Å². The first-order chi connectivity index (χ1) is 5.25. The van der Waals surface area contributed by atoms with Crippen molar-refractivity contribution in [2.75, 3.05) is 33.9 Å². The largest absolute Gasteiger partial charge is 0.468 e. The molecule has 0 aliphatic carbocycles. The number of hydrogen-bond acceptors (Lipinski definition) is 4. The predicted molar refractivity (Wildman–Crippen MR) is 39.3 cm³/mol. The molecule has 1 atom stereocenters. The molecule has 64 valence electrons. The number of nitrogens with zero attached hydrogens (tertiary/aromatic N) is 1. The molecule has 11 heavy (non-hydrogen) atoms. The van der Waals surface area contributed by atoms with Crippen LogP contribution in [0.15, 0.2) is 0 Å². The molecule has 0 N–H and O–H groups in total. The molecule has 0 amide bonds. The highest BCUT2D eigenvalue weighted by molar-refractivity contribution is 5.75. The quantitative estimate of drug-likeness (QED) is 0.483. The molecular formula is C7H13NO3. The van der Waals surface area contributed by atoms with Crippen molar-refractivity contribution in [3.63, 3.8) is 0 Å². The Morgan fingerprint density at radius 2 is 2.45 bits per heavy atom. The van der Waals surface area contributed by atoms with E-state index in [1.807, 2.05) is 11.9 Å². The molecule has 1 saturated heterocycles. The summed E-state index contributed by atoms with van der Waals surface area (Å²) in [6.07, 6.45) is 0. The minimum Gasteiger partial charge on any atom is -0.468 e. The third-order valence-corrected chi connectivity index (χ3v) is 1.87. The highest BCUT2D eigenvalue weighted by Gasteiger charge is 2.26. The molecule has 1 rings (SSSR count). The van der Waals surface area contributed by atoms with E-state index in [0.29, 0.717) is 13.2 Å². The van der Waals surface area contributed by atoms with Crippen LogP contribution in [0.25, 0.3) is 0 Å². The third-order valence-electron chi connectivity index (χ3n) is 1.87. The van der Waals surface area contributed by atoms with Crippen LogP contribution in [0.1, 0.15) is 0 Å². The van der Waals surface area contributed by atoms with Crippen molar-refractivity contribution in [3.8, 4) is 0 Å². The van der Waals surface area contributed by atoms with E-state index in [0.717, 1.165) is 6.54 Å². The van der Waals surface area contributed by atoms with Crippen LogP contribution in [0.2, 0.25) is 0 Å². The number of morpholine rings is 1. The van der Waals surface area contributed by atoms with Gasteiger partial charge >= 0.3 is 5.97 Å². The van der Waals surface area contributed by atoms with Gasteiger partial charge in [-0.1, -0.05) is 0 Å². The van der Waals surface area contributed by atoms with Gasteiger partial charge in [-0.05, 0) is 7.05 Å². The number of carbonyl (C=O) groups excluding carboxylic acids is 1. The Morgan fingerprint density at radius 1 is 1.73 bits per heavy atom. The van der Waals surface area contributed by atoms with Gasteiger partial charge in [0.2, 0.25) is 0 Å². The molecule has 0 aromatic carbocycles. The lowest BCUT2D eigenvalue weighted by atomic mass is 10.2. The van der Waals surface area contributed by atoms with E-state index in [9.17, 15) is 4.79 Å². The second-order valence-electron chi connectivity index (χ2n) is 2.59. The fraction of sp³-hybridized carbons (Fsp3) is 0.857. The van der Waals surface area contributed by atoms with Crippen LogP contribution in [0.3, 0.4) is 0 Å². The standard InChI is InChI=1S/C7H13NO3/c1-8-3-4-11-5-6(8)7(9)10-2/h6H,3-5H2,1-2H3. The minimum atomic E-state index is -0.216. The molecule has 0 aromatic heterocycles. The zero-order chi connectivity index (χ0) is 8.27. The fourth-order valence-electron chi connectivity index (χ4n) is 1.07. The van der Waals surface area contributed by atoms with Crippen molar-refractivity contribution in [3.05, 3.63) is 0 Å². The van der Waals surface area contributed by atoms with Gasteiger partial charge < -0.3 is 9.47 Å². The summed E-state index contributed by atoms with van der Waals surface area (Å²) in [5.74, 6) is -0.216. The van der Waals surface area contributed by atoms with Crippen LogP contribution in [-0.4, -0.2) is 50.8 Å². The molecule has 0 aromatic rings. The summed E-state index contributed by atoms with van der Waals surface area (Å²) in [6.45, 7) is 1.94. The van der Waals surface area contributed by atoms with Crippen LogP contribution in [0, 0.1) is 0 Å². The van der Waals surface area contributed by atoms with Gasteiger partial charge in [0.05, 0.1) is 20.3 Å². The summed E-state index contributed by atoms with van der Waals surface area (Å²) in [4.78, 5) is 13.0. The Labute approximate surface area is 66.1 Å². The first kappa shape index (κ1) is 8.49. The second-order valence-corrected chi connectivity index (χ2v) is 2.59. The van der Waals surface area contributed by atoms with E-state index >= 15 is 0 Å². The number of carbonyl (C=O) groups is 1. The molecule has 0 spiro atoms. The lowest BCUT2D eigenvalue weighted by Gasteiger charge is -2.29. The fourth-order valence-corrected chi connectivity index (χ4v) is 1.07. The van der Waals surface area contributed by atoms with Gasteiger partial charge in [-0.25, -0.2) is 0 Å². The highest BCUT2D eigenvalue weighted by Crippen LogP contribution is 2.04. The lowest BCUT2D eigenvalue weighted by Crippen LogP contribution is -2.48. The summed E-state index contributed by atoms with van der Waals surface area (Å²) < 4.78 is 9.73. The minimum absolute atomic E-state index is 0.214. The van der Waals surface area contributed by atoms with E-state index in [2.05, 4.69) is 4.74 Å². The van der Waals surface area contributed by atoms with Crippen molar-refractivity contribution in [2.45, 2.75) is 6.04 Å². The summed E-state index contributed by atoms with van der Waals surface area (Å²) in [5, 5.41) is 0.